The molecule has 1 atom stereocenters. The first-order valence-electron chi connectivity index (χ1n) is 10.1. The van der Waals surface area contributed by atoms with Crippen molar-refractivity contribution in [3.8, 4) is 0 Å². The second-order valence-electron chi connectivity index (χ2n) is 8.29. The molecule has 2 aliphatic rings. The molecule has 1 unspecified atom stereocenters. The van der Waals surface area contributed by atoms with E-state index in [1.807, 2.05) is 0 Å². The van der Waals surface area contributed by atoms with Gasteiger partial charge in [-0.1, -0.05) is 12.1 Å². The number of hydrogen-bond donors (Lipinski definition) is 1. The van der Waals surface area contributed by atoms with Crippen molar-refractivity contribution in [2.45, 2.75) is 44.6 Å². The van der Waals surface area contributed by atoms with Crippen molar-refractivity contribution in [2.24, 2.45) is 5.92 Å². The van der Waals surface area contributed by atoms with Crippen molar-refractivity contribution in [1.82, 2.24) is 9.88 Å². The molecular weight excluding hydrogens is 430 g/mol. The summed E-state index contributed by atoms with van der Waals surface area (Å²) < 4.78 is 53.0. The molecule has 1 aromatic heterocycles. The molecule has 2 amide bonds. The summed E-state index contributed by atoms with van der Waals surface area (Å²) in [7, 11) is 0. The first-order chi connectivity index (χ1) is 15.0. The molecule has 1 saturated heterocycles. The van der Waals surface area contributed by atoms with E-state index in [1.54, 1.807) is 6.92 Å². The predicted molar refractivity (Wildman–Crippen MR) is 106 cm³/mol. The Morgan fingerprint density at radius 3 is 2.38 bits per heavy atom. The SMILES string of the molecule is Cc1cnc(N2CC(=O)N(Cc3ccc(C(F)(F)F)cc3)C(C3CC(O)C3)C2=O)c(F)c1. The number of aliphatic hydroxyl groups excluding tert-OH is 1. The minimum atomic E-state index is -4.48. The van der Waals surface area contributed by atoms with E-state index in [1.165, 1.54) is 29.3 Å². The number of aryl methyl sites for hydroxylation is 1. The fourth-order valence-corrected chi connectivity index (χ4v) is 4.18. The van der Waals surface area contributed by atoms with E-state index in [0.29, 0.717) is 24.0 Å². The topological polar surface area (TPSA) is 73.7 Å². The molecule has 1 saturated carbocycles. The quantitative estimate of drug-likeness (QED) is 0.726. The van der Waals surface area contributed by atoms with Gasteiger partial charge in [0.25, 0.3) is 5.91 Å². The molecule has 1 aliphatic carbocycles. The Morgan fingerprint density at radius 1 is 1.16 bits per heavy atom. The molecule has 4 rings (SSSR count). The van der Waals surface area contributed by atoms with Crippen molar-refractivity contribution >= 4 is 17.6 Å². The van der Waals surface area contributed by atoms with Crippen molar-refractivity contribution < 1.29 is 32.3 Å². The zero-order valence-electron chi connectivity index (χ0n) is 17.1. The van der Waals surface area contributed by atoms with Crippen LogP contribution < -0.4 is 4.90 Å². The van der Waals surface area contributed by atoms with E-state index >= 15 is 0 Å². The van der Waals surface area contributed by atoms with Gasteiger partial charge in [0.2, 0.25) is 5.91 Å². The molecule has 1 N–H and O–H groups in total. The lowest BCUT2D eigenvalue weighted by molar-refractivity contribution is -0.149. The molecule has 10 heteroatoms. The molecule has 0 spiro atoms. The van der Waals surface area contributed by atoms with Crippen LogP contribution in [0.2, 0.25) is 0 Å². The Labute approximate surface area is 181 Å². The highest BCUT2D eigenvalue weighted by atomic mass is 19.4. The monoisotopic (exact) mass is 451 g/mol. The molecule has 170 valence electrons. The first-order valence-corrected chi connectivity index (χ1v) is 10.1. The van der Waals surface area contributed by atoms with Gasteiger partial charge in [-0.2, -0.15) is 13.2 Å². The van der Waals surface area contributed by atoms with E-state index in [0.717, 1.165) is 17.0 Å². The molecule has 1 aromatic carbocycles. The Bertz CT molecular complexity index is 1040. The van der Waals surface area contributed by atoms with E-state index in [9.17, 15) is 32.3 Å². The summed E-state index contributed by atoms with van der Waals surface area (Å²) in [6.07, 6.45) is -3.09. The number of amides is 2. The maximum absolute atomic E-state index is 14.5. The van der Waals surface area contributed by atoms with Gasteiger partial charge < -0.3 is 10.0 Å². The van der Waals surface area contributed by atoms with Crippen molar-refractivity contribution in [3.05, 3.63) is 59.0 Å². The average molecular weight is 451 g/mol. The van der Waals surface area contributed by atoms with Crippen LogP contribution in [0.3, 0.4) is 0 Å². The highest BCUT2D eigenvalue weighted by Crippen LogP contribution is 2.37. The van der Waals surface area contributed by atoms with Gasteiger partial charge in [-0.15, -0.1) is 0 Å². The zero-order valence-corrected chi connectivity index (χ0v) is 17.1. The van der Waals surface area contributed by atoms with Crippen molar-refractivity contribution in [3.63, 3.8) is 0 Å². The smallest absolute Gasteiger partial charge is 0.393 e. The molecule has 2 heterocycles. The third-order valence-corrected chi connectivity index (χ3v) is 5.91. The third kappa shape index (κ3) is 4.19. The fourth-order valence-electron chi connectivity index (χ4n) is 4.18. The number of halogens is 4. The van der Waals surface area contributed by atoms with Crippen LogP contribution in [0, 0.1) is 18.7 Å². The number of aromatic nitrogens is 1. The summed E-state index contributed by atoms with van der Waals surface area (Å²) in [5.74, 6) is -2.31. The normalized spacial score (nSPS) is 24.0. The molecular formula is C22H21F4N3O3. The molecule has 32 heavy (non-hydrogen) atoms. The lowest BCUT2D eigenvalue weighted by atomic mass is 9.75. The highest BCUT2D eigenvalue weighted by molar-refractivity contribution is 6.06. The summed E-state index contributed by atoms with van der Waals surface area (Å²) in [6, 6.07) is 4.62. The Hall–Kier alpha value is -3.01. The molecule has 0 bridgehead atoms. The predicted octanol–water partition coefficient (Wildman–Crippen LogP) is 3.06. The number of aliphatic hydroxyl groups is 1. The second-order valence-corrected chi connectivity index (χ2v) is 8.29. The summed E-state index contributed by atoms with van der Waals surface area (Å²) in [4.78, 5) is 32.6. The van der Waals surface area contributed by atoms with Crippen LogP contribution in [-0.2, 0) is 22.3 Å². The average Bonchev–Trinajstić information content (AvgIpc) is 2.69. The van der Waals surface area contributed by atoms with Gasteiger partial charge in [-0.3, -0.25) is 14.5 Å². The van der Waals surface area contributed by atoms with Crippen LogP contribution in [0.5, 0.6) is 0 Å². The lowest BCUT2D eigenvalue weighted by Crippen LogP contribution is -2.64. The van der Waals surface area contributed by atoms with Gasteiger partial charge in [0.05, 0.1) is 11.7 Å². The fraction of sp³-hybridized carbons (Fsp3) is 0.409. The molecule has 6 nitrogen and oxygen atoms in total. The Balaban J connectivity index is 1.62. The van der Waals surface area contributed by atoms with E-state index in [-0.39, 0.29) is 18.3 Å². The number of hydrogen-bond acceptors (Lipinski definition) is 4. The number of pyridine rings is 1. The molecule has 2 fully saturated rings. The van der Waals surface area contributed by atoms with Crippen LogP contribution in [0.1, 0.15) is 29.5 Å². The zero-order chi connectivity index (χ0) is 23.2. The first kappa shape index (κ1) is 22.2. The van der Waals surface area contributed by atoms with Gasteiger partial charge in [0.1, 0.15) is 12.6 Å². The minimum Gasteiger partial charge on any atom is -0.393 e. The second kappa shape index (κ2) is 8.16. The number of carbonyl (C=O) groups is 2. The van der Waals surface area contributed by atoms with Crippen LogP contribution in [0.4, 0.5) is 23.4 Å². The number of nitrogens with zero attached hydrogens (tertiary/aromatic N) is 3. The van der Waals surface area contributed by atoms with Crippen LogP contribution >= 0.6 is 0 Å². The van der Waals surface area contributed by atoms with E-state index in [2.05, 4.69) is 4.98 Å². The van der Waals surface area contributed by atoms with Gasteiger partial charge >= 0.3 is 6.18 Å². The lowest BCUT2D eigenvalue weighted by Gasteiger charge is -2.47. The van der Waals surface area contributed by atoms with Gasteiger partial charge in [-0.25, -0.2) is 9.37 Å². The van der Waals surface area contributed by atoms with E-state index in [4.69, 9.17) is 0 Å². The van der Waals surface area contributed by atoms with Crippen LogP contribution in [0.15, 0.2) is 36.5 Å². The largest absolute Gasteiger partial charge is 0.416 e. The van der Waals surface area contributed by atoms with E-state index < -0.39 is 48.1 Å². The number of carbonyl (C=O) groups excluding carboxylic acids is 2. The number of rotatable bonds is 4. The van der Waals surface area contributed by atoms with Gasteiger partial charge in [0, 0.05) is 12.7 Å². The molecule has 1 aliphatic heterocycles. The number of anilines is 1. The van der Waals surface area contributed by atoms with Gasteiger partial charge in [0.15, 0.2) is 11.6 Å². The number of piperazine rings is 1. The van der Waals surface area contributed by atoms with Gasteiger partial charge in [-0.05, 0) is 55.0 Å². The summed E-state index contributed by atoms with van der Waals surface area (Å²) in [5, 5.41) is 9.73. The Kier molecular flexibility index (Phi) is 5.66. The number of benzene rings is 1. The summed E-state index contributed by atoms with van der Waals surface area (Å²) >= 11 is 0. The number of alkyl halides is 3. The Morgan fingerprint density at radius 2 is 1.81 bits per heavy atom. The highest BCUT2D eigenvalue weighted by Gasteiger charge is 2.48. The molecule has 0 radical (unpaired) electrons. The summed E-state index contributed by atoms with van der Waals surface area (Å²) in [5.41, 5.74) is 0.176. The standard InChI is InChI=1S/C22H21F4N3O3/c1-12-6-17(23)20(27-9-12)29-11-18(31)28(19(21(29)32)14-7-16(30)8-14)10-13-2-4-15(5-3-13)22(24,25)26/h2-6,9,14,16,19,30H,7-8,10-11H2,1H3. The van der Waals surface area contributed by atoms with Crippen molar-refractivity contribution in [1.29, 1.82) is 0 Å². The minimum absolute atomic E-state index is 0.0718. The van der Waals surface area contributed by atoms with Crippen LogP contribution in [-0.4, -0.2) is 45.5 Å². The van der Waals surface area contributed by atoms with Crippen LogP contribution in [0.25, 0.3) is 0 Å². The summed E-state index contributed by atoms with van der Waals surface area (Å²) in [6.45, 7) is 1.14. The van der Waals surface area contributed by atoms with Crippen molar-refractivity contribution in [2.75, 3.05) is 11.4 Å². The maximum atomic E-state index is 14.5. The third-order valence-electron chi connectivity index (χ3n) is 5.91. The maximum Gasteiger partial charge on any atom is 0.416 e. The molecule has 2 aromatic rings.